The number of nitrogens with zero attached hydrogens (tertiary/aromatic N) is 2. The summed E-state index contributed by atoms with van der Waals surface area (Å²) in [6, 6.07) is 16.8. The van der Waals surface area contributed by atoms with Crippen LogP contribution in [-0.4, -0.2) is 36.1 Å². The highest BCUT2D eigenvalue weighted by atomic mass is 16.5. The number of carbonyl (C=O) groups is 3. The number of hydrogen-bond donors (Lipinski definition) is 0. The molecule has 0 aliphatic carbocycles. The predicted molar refractivity (Wildman–Crippen MR) is 82.8 cm³/mol. The van der Waals surface area contributed by atoms with Crippen LogP contribution in [-0.2, 0) is 9.53 Å². The summed E-state index contributed by atoms with van der Waals surface area (Å²) in [4.78, 5) is 38.4. The number of esters is 1. The lowest BCUT2D eigenvalue weighted by molar-refractivity contribution is -0.127. The number of carbonyl (C=O) groups excluding carboxylic acids is 3. The molecule has 0 radical (unpaired) electrons. The molecule has 2 aromatic rings. The van der Waals surface area contributed by atoms with Crippen LogP contribution in [0, 0.1) is 0 Å². The molecular weight excluding hydrogens is 296 g/mol. The molecule has 2 aromatic carbocycles. The van der Waals surface area contributed by atoms with Gasteiger partial charge in [0.25, 0.3) is 5.91 Å². The molecule has 0 unspecified atom stereocenters. The van der Waals surface area contributed by atoms with Gasteiger partial charge in [0, 0.05) is 5.69 Å². The molecule has 1 heterocycles. The summed E-state index contributed by atoms with van der Waals surface area (Å²) in [5.41, 5.74) is 0.995. The summed E-state index contributed by atoms with van der Waals surface area (Å²) in [5.74, 6) is -0.982. The van der Waals surface area contributed by atoms with E-state index in [1.807, 2.05) is 6.07 Å². The van der Waals surface area contributed by atoms with Crippen molar-refractivity contribution in [3.05, 3.63) is 66.2 Å². The molecule has 0 saturated carbocycles. The van der Waals surface area contributed by atoms with Gasteiger partial charge in [-0.1, -0.05) is 36.4 Å². The minimum absolute atomic E-state index is 0.0638. The number of para-hydroxylation sites is 1. The van der Waals surface area contributed by atoms with Gasteiger partial charge in [-0.05, 0) is 24.3 Å². The highest BCUT2D eigenvalue weighted by molar-refractivity contribution is 6.12. The van der Waals surface area contributed by atoms with Crippen LogP contribution >= 0.6 is 0 Å². The first-order chi connectivity index (χ1) is 11.2. The molecule has 0 bridgehead atoms. The lowest BCUT2D eigenvalue weighted by atomic mass is 10.2. The van der Waals surface area contributed by atoms with Crippen LogP contribution in [0.3, 0.4) is 0 Å². The van der Waals surface area contributed by atoms with Crippen LogP contribution in [0.4, 0.5) is 10.5 Å². The number of anilines is 1. The van der Waals surface area contributed by atoms with E-state index in [1.54, 1.807) is 54.6 Å². The molecular formula is C17H14N2O4. The predicted octanol–water partition coefficient (Wildman–Crippen LogP) is 2.27. The van der Waals surface area contributed by atoms with E-state index in [0.29, 0.717) is 11.3 Å². The number of hydrogen-bond acceptors (Lipinski definition) is 4. The Morgan fingerprint density at radius 1 is 0.957 bits per heavy atom. The number of benzene rings is 2. The zero-order chi connectivity index (χ0) is 16.2. The lowest BCUT2D eigenvalue weighted by Gasteiger charge is -2.17. The monoisotopic (exact) mass is 310 g/mol. The van der Waals surface area contributed by atoms with Gasteiger partial charge in [0.1, 0.15) is 6.54 Å². The number of rotatable bonds is 4. The minimum atomic E-state index is -0.579. The maximum atomic E-state index is 12.3. The van der Waals surface area contributed by atoms with Gasteiger partial charge in [-0.25, -0.2) is 14.5 Å². The summed E-state index contributed by atoms with van der Waals surface area (Å²) in [5, 5.41) is 0. The van der Waals surface area contributed by atoms with Gasteiger partial charge in [-0.3, -0.25) is 9.69 Å². The molecule has 6 heteroatoms. The van der Waals surface area contributed by atoms with Crippen molar-refractivity contribution >= 4 is 23.6 Å². The first-order valence-electron chi connectivity index (χ1n) is 7.06. The average molecular weight is 310 g/mol. The second-order valence-corrected chi connectivity index (χ2v) is 4.95. The van der Waals surface area contributed by atoms with E-state index in [4.69, 9.17) is 4.74 Å². The van der Waals surface area contributed by atoms with Crippen molar-refractivity contribution in [2.24, 2.45) is 0 Å². The van der Waals surface area contributed by atoms with Gasteiger partial charge in [-0.15, -0.1) is 0 Å². The fraction of sp³-hybridized carbons (Fsp3) is 0.118. The third kappa shape index (κ3) is 3.06. The maximum Gasteiger partial charge on any atom is 0.339 e. The van der Waals surface area contributed by atoms with Crippen LogP contribution in [0.1, 0.15) is 10.4 Å². The Morgan fingerprint density at radius 3 is 2.22 bits per heavy atom. The molecule has 0 spiro atoms. The Morgan fingerprint density at radius 2 is 1.57 bits per heavy atom. The van der Waals surface area contributed by atoms with E-state index in [9.17, 15) is 14.4 Å². The van der Waals surface area contributed by atoms with Crippen molar-refractivity contribution in [3.8, 4) is 0 Å². The Labute approximate surface area is 132 Å². The Bertz CT molecular complexity index is 731. The van der Waals surface area contributed by atoms with E-state index in [1.165, 1.54) is 4.90 Å². The normalized spacial score (nSPS) is 14.3. The lowest BCUT2D eigenvalue weighted by Crippen LogP contribution is -2.35. The molecule has 1 fully saturated rings. The van der Waals surface area contributed by atoms with Gasteiger partial charge in [0.15, 0.2) is 6.73 Å². The second-order valence-electron chi connectivity index (χ2n) is 4.95. The standard InChI is InChI=1S/C17H14N2O4/c20-15-11-18(14-9-5-2-6-10-14)17(22)19(15)12-23-16(21)13-7-3-1-4-8-13/h1-10H,11-12H2. The van der Waals surface area contributed by atoms with E-state index < -0.39 is 24.6 Å². The van der Waals surface area contributed by atoms with Crippen LogP contribution in [0.5, 0.6) is 0 Å². The number of urea groups is 1. The molecule has 116 valence electrons. The average Bonchev–Trinajstić information content (AvgIpc) is 2.88. The zero-order valence-corrected chi connectivity index (χ0v) is 12.2. The van der Waals surface area contributed by atoms with Crippen LogP contribution in [0.25, 0.3) is 0 Å². The summed E-state index contributed by atoms with van der Waals surface area (Å²) in [6.07, 6.45) is 0. The summed E-state index contributed by atoms with van der Waals surface area (Å²) in [6.45, 7) is -0.458. The van der Waals surface area contributed by atoms with Gasteiger partial charge in [0.05, 0.1) is 5.56 Å². The minimum Gasteiger partial charge on any atom is -0.440 e. The van der Waals surface area contributed by atoms with Crippen molar-refractivity contribution in [3.63, 3.8) is 0 Å². The van der Waals surface area contributed by atoms with Crippen LogP contribution in [0.15, 0.2) is 60.7 Å². The van der Waals surface area contributed by atoms with E-state index in [-0.39, 0.29) is 6.54 Å². The largest absolute Gasteiger partial charge is 0.440 e. The third-order valence-electron chi connectivity index (χ3n) is 3.46. The van der Waals surface area contributed by atoms with Crippen molar-refractivity contribution < 1.29 is 19.1 Å². The first kappa shape index (κ1) is 14.8. The van der Waals surface area contributed by atoms with Crippen molar-refractivity contribution in [1.29, 1.82) is 0 Å². The van der Waals surface area contributed by atoms with Gasteiger partial charge in [0.2, 0.25) is 0 Å². The topological polar surface area (TPSA) is 66.9 Å². The van der Waals surface area contributed by atoms with Crippen LogP contribution in [0.2, 0.25) is 0 Å². The van der Waals surface area contributed by atoms with Crippen molar-refractivity contribution in [2.75, 3.05) is 18.2 Å². The van der Waals surface area contributed by atoms with Gasteiger partial charge >= 0.3 is 12.0 Å². The van der Waals surface area contributed by atoms with E-state index >= 15 is 0 Å². The number of amides is 3. The fourth-order valence-electron chi connectivity index (χ4n) is 2.26. The summed E-state index contributed by atoms with van der Waals surface area (Å²) >= 11 is 0. The Hall–Kier alpha value is -3.15. The highest BCUT2D eigenvalue weighted by Gasteiger charge is 2.37. The van der Waals surface area contributed by atoms with E-state index in [0.717, 1.165) is 4.90 Å². The number of ether oxygens (including phenoxy) is 1. The molecule has 23 heavy (non-hydrogen) atoms. The smallest absolute Gasteiger partial charge is 0.339 e. The van der Waals surface area contributed by atoms with Crippen LogP contribution < -0.4 is 4.90 Å². The zero-order valence-electron chi connectivity index (χ0n) is 12.2. The molecule has 0 atom stereocenters. The van der Waals surface area contributed by atoms with Gasteiger partial charge < -0.3 is 4.74 Å². The van der Waals surface area contributed by atoms with Crippen molar-refractivity contribution in [1.82, 2.24) is 4.90 Å². The Kier molecular flexibility index (Phi) is 4.05. The molecule has 3 amide bonds. The quantitative estimate of drug-likeness (QED) is 0.642. The SMILES string of the molecule is O=C(OCN1C(=O)CN(c2ccccc2)C1=O)c1ccccc1. The number of imide groups is 1. The summed E-state index contributed by atoms with van der Waals surface area (Å²) in [7, 11) is 0. The molecule has 0 aromatic heterocycles. The fourth-order valence-corrected chi connectivity index (χ4v) is 2.26. The third-order valence-corrected chi connectivity index (χ3v) is 3.46. The molecule has 0 N–H and O–H groups in total. The molecule has 1 aliphatic heterocycles. The first-order valence-corrected chi connectivity index (χ1v) is 7.06. The van der Waals surface area contributed by atoms with E-state index in [2.05, 4.69) is 0 Å². The molecule has 1 aliphatic rings. The summed E-state index contributed by atoms with van der Waals surface area (Å²) < 4.78 is 5.06. The van der Waals surface area contributed by atoms with Crippen molar-refractivity contribution in [2.45, 2.75) is 0 Å². The van der Waals surface area contributed by atoms with Gasteiger partial charge in [-0.2, -0.15) is 0 Å². The Balaban J connectivity index is 1.66. The molecule has 3 rings (SSSR count). The maximum absolute atomic E-state index is 12.3. The molecule has 1 saturated heterocycles. The molecule has 6 nitrogen and oxygen atoms in total. The second kappa shape index (κ2) is 6.31. The highest BCUT2D eigenvalue weighted by Crippen LogP contribution is 2.20.